The van der Waals surface area contributed by atoms with E-state index in [1.807, 2.05) is 42.7 Å². The van der Waals surface area contributed by atoms with Gasteiger partial charge in [-0.2, -0.15) is 5.10 Å². The lowest BCUT2D eigenvalue weighted by Gasteiger charge is -2.06. The summed E-state index contributed by atoms with van der Waals surface area (Å²) in [7, 11) is 0. The van der Waals surface area contributed by atoms with Crippen LogP contribution in [-0.2, 0) is 6.54 Å². The third-order valence-corrected chi connectivity index (χ3v) is 2.70. The normalized spacial score (nSPS) is 10.8. The Bertz CT molecular complexity index is 598. The Hall–Kier alpha value is -2.23. The maximum Gasteiger partial charge on any atom is 0.120 e. The Balaban J connectivity index is 1.64. The second-order valence-electron chi connectivity index (χ2n) is 3.89. The Morgan fingerprint density at radius 3 is 3.00 bits per heavy atom. The molecule has 2 aromatic heterocycles. The van der Waals surface area contributed by atoms with Crippen LogP contribution in [-0.4, -0.2) is 21.4 Å². The molecule has 3 rings (SSSR count). The number of ether oxygens (including phenoxy) is 1. The summed E-state index contributed by atoms with van der Waals surface area (Å²) in [5.41, 5.74) is 1.03. The smallest absolute Gasteiger partial charge is 0.120 e. The minimum absolute atomic E-state index is 0.665. The molecule has 1 aromatic carbocycles. The van der Waals surface area contributed by atoms with Crippen LogP contribution in [0.5, 0.6) is 5.75 Å². The highest BCUT2D eigenvalue weighted by atomic mass is 16.5. The van der Waals surface area contributed by atoms with E-state index < -0.39 is 0 Å². The van der Waals surface area contributed by atoms with Crippen molar-refractivity contribution in [2.45, 2.75) is 6.54 Å². The molecular formula is C13H13N3O. The van der Waals surface area contributed by atoms with Crippen molar-refractivity contribution in [3.8, 4) is 5.75 Å². The molecule has 0 saturated heterocycles. The number of H-pyrrole nitrogens is 1. The summed E-state index contributed by atoms with van der Waals surface area (Å²) in [6.07, 6.45) is 5.86. The third kappa shape index (κ3) is 2.15. The minimum atomic E-state index is 0.665. The Morgan fingerprint density at radius 1 is 1.24 bits per heavy atom. The van der Waals surface area contributed by atoms with Crippen molar-refractivity contribution < 1.29 is 4.74 Å². The third-order valence-electron chi connectivity index (χ3n) is 2.70. The van der Waals surface area contributed by atoms with E-state index in [1.54, 1.807) is 6.20 Å². The van der Waals surface area contributed by atoms with Gasteiger partial charge in [0.05, 0.1) is 18.3 Å². The monoisotopic (exact) mass is 227 g/mol. The van der Waals surface area contributed by atoms with Crippen LogP contribution in [0.15, 0.2) is 48.9 Å². The van der Waals surface area contributed by atoms with Crippen LogP contribution in [0.2, 0.25) is 0 Å². The molecule has 4 nitrogen and oxygen atoms in total. The first kappa shape index (κ1) is 9.96. The lowest BCUT2D eigenvalue weighted by Crippen LogP contribution is -2.06. The molecule has 0 aliphatic carbocycles. The summed E-state index contributed by atoms with van der Waals surface area (Å²) >= 11 is 0. The zero-order valence-electron chi connectivity index (χ0n) is 9.34. The molecule has 0 aliphatic rings. The van der Waals surface area contributed by atoms with E-state index in [4.69, 9.17) is 4.74 Å². The number of benzene rings is 1. The quantitative estimate of drug-likeness (QED) is 0.744. The number of aromatic nitrogens is 3. The molecule has 0 aliphatic heterocycles. The van der Waals surface area contributed by atoms with Crippen molar-refractivity contribution in [2.24, 2.45) is 0 Å². The van der Waals surface area contributed by atoms with Crippen molar-refractivity contribution in [3.63, 3.8) is 0 Å². The topological polar surface area (TPSA) is 42.8 Å². The molecule has 0 amide bonds. The zero-order valence-corrected chi connectivity index (χ0v) is 9.34. The van der Waals surface area contributed by atoms with Crippen molar-refractivity contribution in [1.82, 2.24) is 14.8 Å². The molecule has 0 atom stereocenters. The van der Waals surface area contributed by atoms with Crippen molar-refractivity contribution in [1.29, 1.82) is 0 Å². The predicted octanol–water partition coefficient (Wildman–Crippen LogP) is 2.44. The number of nitrogens with zero attached hydrogens (tertiary/aromatic N) is 2. The van der Waals surface area contributed by atoms with Gasteiger partial charge >= 0.3 is 0 Å². The summed E-state index contributed by atoms with van der Waals surface area (Å²) in [4.78, 5) is 0. The minimum Gasteiger partial charge on any atom is -0.492 e. The number of nitrogens with one attached hydrogen (secondary N) is 1. The van der Waals surface area contributed by atoms with E-state index in [0.29, 0.717) is 6.61 Å². The molecule has 4 heteroatoms. The van der Waals surface area contributed by atoms with Crippen LogP contribution in [0.3, 0.4) is 0 Å². The molecular weight excluding hydrogens is 214 g/mol. The Kier molecular flexibility index (Phi) is 2.54. The van der Waals surface area contributed by atoms with Gasteiger partial charge in [-0.25, -0.2) is 0 Å². The van der Waals surface area contributed by atoms with Crippen molar-refractivity contribution in [3.05, 3.63) is 48.9 Å². The van der Waals surface area contributed by atoms with Gasteiger partial charge in [0.1, 0.15) is 12.4 Å². The van der Waals surface area contributed by atoms with Gasteiger partial charge in [-0.15, -0.1) is 0 Å². The maximum atomic E-state index is 5.69. The zero-order chi connectivity index (χ0) is 11.5. The van der Waals surface area contributed by atoms with Gasteiger partial charge in [0.2, 0.25) is 0 Å². The van der Waals surface area contributed by atoms with Crippen LogP contribution in [0, 0.1) is 0 Å². The maximum absolute atomic E-state index is 5.69. The van der Waals surface area contributed by atoms with E-state index >= 15 is 0 Å². The fourth-order valence-corrected chi connectivity index (χ4v) is 1.80. The molecule has 0 radical (unpaired) electrons. The molecule has 3 aromatic rings. The van der Waals surface area contributed by atoms with Gasteiger partial charge in [-0.3, -0.25) is 5.10 Å². The van der Waals surface area contributed by atoms with Gasteiger partial charge < -0.3 is 9.30 Å². The van der Waals surface area contributed by atoms with Gasteiger partial charge in [-0.05, 0) is 30.3 Å². The SMILES string of the molecule is c1ccn(CCOc2ccc3[nH]ncc3c2)c1. The molecule has 2 heterocycles. The second kappa shape index (κ2) is 4.33. The number of hydrogen-bond donors (Lipinski definition) is 1. The predicted molar refractivity (Wildman–Crippen MR) is 66.0 cm³/mol. The van der Waals surface area contributed by atoms with Crippen LogP contribution in [0.1, 0.15) is 0 Å². The van der Waals surface area contributed by atoms with E-state index in [-0.39, 0.29) is 0 Å². The molecule has 86 valence electrons. The summed E-state index contributed by atoms with van der Waals surface area (Å²) in [5.74, 6) is 0.881. The Morgan fingerprint density at radius 2 is 2.12 bits per heavy atom. The average Bonchev–Trinajstić information content (AvgIpc) is 2.98. The number of hydrogen-bond acceptors (Lipinski definition) is 2. The first-order valence-corrected chi connectivity index (χ1v) is 5.58. The highest BCUT2D eigenvalue weighted by Crippen LogP contribution is 2.18. The van der Waals surface area contributed by atoms with Crippen molar-refractivity contribution >= 4 is 10.9 Å². The highest BCUT2D eigenvalue weighted by molar-refractivity contribution is 5.79. The molecule has 1 N–H and O–H groups in total. The fourth-order valence-electron chi connectivity index (χ4n) is 1.80. The number of fused-ring (bicyclic) bond motifs is 1. The first-order chi connectivity index (χ1) is 8.42. The van der Waals surface area contributed by atoms with Crippen LogP contribution >= 0.6 is 0 Å². The van der Waals surface area contributed by atoms with Gasteiger partial charge in [0.15, 0.2) is 0 Å². The molecule has 0 saturated carbocycles. The summed E-state index contributed by atoms with van der Waals surface area (Å²) in [5, 5.41) is 7.97. The molecule has 0 fully saturated rings. The lowest BCUT2D eigenvalue weighted by atomic mass is 10.2. The summed E-state index contributed by atoms with van der Waals surface area (Å²) in [6, 6.07) is 9.95. The van der Waals surface area contributed by atoms with Gasteiger partial charge in [0, 0.05) is 17.8 Å². The molecule has 0 spiro atoms. The highest BCUT2D eigenvalue weighted by Gasteiger charge is 1.98. The molecule has 0 unspecified atom stereocenters. The first-order valence-electron chi connectivity index (χ1n) is 5.58. The average molecular weight is 227 g/mol. The van der Waals surface area contributed by atoms with E-state index in [9.17, 15) is 0 Å². The Labute approximate surface area is 98.8 Å². The fraction of sp³-hybridized carbons (Fsp3) is 0.154. The second-order valence-corrected chi connectivity index (χ2v) is 3.89. The van der Waals surface area contributed by atoms with Crippen LogP contribution in [0.4, 0.5) is 0 Å². The number of rotatable bonds is 4. The molecule has 17 heavy (non-hydrogen) atoms. The van der Waals surface area contributed by atoms with Gasteiger partial charge in [0.25, 0.3) is 0 Å². The largest absolute Gasteiger partial charge is 0.492 e. The van der Waals surface area contributed by atoms with E-state index in [0.717, 1.165) is 23.2 Å². The van der Waals surface area contributed by atoms with E-state index in [1.165, 1.54) is 0 Å². The van der Waals surface area contributed by atoms with Crippen LogP contribution < -0.4 is 4.74 Å². The summed E-state index contributed by atoms with van der Waals surface area (Å²) < 4.78 is 7.79. The van der Waals surface area contributed by atoms with Crippen molar-refractivity contribution in [2.75, 3.05) is 6.61 Å². The number of aromatic amines is 1. The van der Waals surface area contributed by atoms with Gasteiger partial charge in [-0.1, -0.05) is 0 Å². The lowest BCUT2D eigenvalue weighted by molar-refractivity contribution is 0.299. The standard InChI is InChI=1S/C13H13N3O/c1-2-6-16(5-1)7-8-17-12-3-4-13-11(9-12)10-14-15-13/h1-6,9-10H,7-8H2,(H,14,15). The molecule has 0 bridgehead atoms. The summed E-state index contributed by atoms with van der Waals surface area (Å²) in [6.45, 7) is 1.52. The van der Waals surface area contributed by atoms with E-state index in [2.05, 4.69) is 14.8 Å². The van der Waals surface area contributed by atoms with Crippen LogP contribution in [0.25, 0.3) is 10.9 Å².